The van der Waals surface area contributed by atoms with Crippen molar-refractivity contribution in [2.75, 3.05) is 0 Å². The molecule has 7 nitrogen and oxygen atoms in total. The van der Waals surface area contributed by atoms with Gasteiger partial charge >= 0.3 is 0 Å². The molecule has 0 unspecified atom stereocenters. The maximum atomic E-state index is 12.9. The fourth-order valence-electron chi connectivity index (χ4n) is 3.96. The van der Waals surface area contributed by atoms with Gasteiger partial charge in [0.05, 0.1) is 24.4 Å². The van der Waals surface area contributed by atoms with Gasteiger partial charge in [0.1, 0.15) is 11.1 Å². The summed E-state index contributed by atoms with van der Waals surface area (Å²) >= 11 is 1.55. The molecule has 5 rings (SSSR count). The Kier molecular flexibility index (Phi) is 6.28. The minimum Gasteiger partial charge on any atom is -0.474 e. The Balaban J connectivity index is 1.15. The number of aliphatic hydroxyl groups excluding tert-OH is 1. The molecule has 8 heteroatoms. The summed E-state index contributed by atoms with van der Waals surface area (Å²) in [5.74, 6) is 1.000. The minimum atomic E-state index is -0.0238. The Morgan fingerprint density at radius 2 is 2.00 bits per heavy atom. The number of ether oxygens (including phenoxy) is 1. The van der Waals surface area contributed by atoms with Crippen molar-refractivity contribution in [2.24, 2.45) is 0 Å². The first-order valence-corrected chi connectivity index (χ1v) is 11.8. The molecule has 0 spiro atoms. The third kappa shape index (κ3) is 5.02. The van der Waals surface area contributed by atoms with Crippen LogP contribution in [0.4, 0.5) is 0 Å². The maximum absolute atomic E-state index is 12.9. The standard InChI is InChI=1S/C25H24N4O3S/c30-15-18-3-4-24(27-13-18)32-20-10-19(11-20)21-16-33-25(28-21)12-23(31)22-2-1-9-29(22)14-17-5-7-26-8-6-17/h1-9,13,16,19-20,30H,10-12,14-15H2. The van der Waals surface area contributed by atoms with Gasteiger partial charge in [-0.15, -0.1) is 11.3 Å². The van der Waals surface area contributed by atoms with Crippen LogP contribution in [0, 0.1) is 0 Å². The van der Waals surface area contributed by atoms with Gasteiger partial charge in [0, 0.05) is 48.7 Å². The molecule has 1 saturated carbocycles. The molecule has 4 aromatic rings. The van der Waals surface area contributed by atoms with Crippen LogP contribution in [0.5, 0.6) is 5.88 Å². The topological polar surface area (TPSA) is 90.1 Å². The van der Waals surface area contributed by atoms with Crippen LogP contribution >= 0.6 is 11.3 Å². The number of carbonyl (C=O) groups is 1. The lowest BCUT2D eigenvalue weighted by Crippen LogP contribution is -2.32. The Bertz CT molecular complexity index is 1210. The smallest absolute Gasteiger partial charge is 0.213 e. The molecule has 0 atom stereocenters. The van der Waals surface area contributed by atoms with E-state index in [-0.39, 0.29) is 18.5 Å². The number of nitrogens with zero attached hydrogens (tertiary/aromatic N) is 4. The summed E-state index contributed by atoms with van der Waals surface area (Å²) in [4.78, 5) is 26.0. The summed E-state index contributed by atoms with van der Waals surface area (Å²) < 4.78 is 7.88. The molecular weight excluding hydrogens is 436 g/mol. The van der Waals surface area contributed by atoms with Gasteiger partial charge in [-0.05, 0) is 54.3 Å². The van der Waals surface area contributed by atoms with E-state index in [4.69, 9.17) is 14.8 Å². The first-order chi connectivity index (χ1) is 16.2. The molecule has 1 aliphatic carbocycles. The lowest BCUT2D eigenvalue weighted by Gasteiger charge is -2.34. The van der Waals surface area contributed by atoms with Crippen molar-refractivity contribution in [3.05, 3.63) is 94.1 Å². The van der Waals surface area contributed by atoms with E-state index in [1.807, 2.05) is 41.1 Å². The Labute approximate surface area is 195 Å². The molecule has 168 valence electrons. The average Bonchev–Trinajstić information content (AvgIpc) is 3.46. The number of rotatable bonds is 9. The molecule has 0 bridgehead atoms. The SMILES string of the molecule is O=C(Cc1nc(C2CC(Oc3ccc(CO)cn3)C2)cs1)c1cccn1Cc1ccncc1. The second kappa shape index (κ2) is 9.64. The van der Waals surface area contributed by atoms with Gasteiger partial charge in [0.2, 0.25) is 5.88 Å². The number of carbonyl (C=O) groups excluding carboxylic acids is 1. The van der Waals surface area contributed by atoms with Gasteiger partial charge in [-0.3, -0.25) is 9.78 Å². The monoisotopic (exact) mass is 460 g/mol. The van der Waals surface area contributed by atoms with E-state index >= 15 is 0 Å². The molecule has 1 N–H and O–H groups in total. The van der Waals surface area contributed by atoms with Crippen molar-refractivity contribution in [2.45, 2.75) is 44.4 Å². The van der Waals surface area contributed by atoms with Crippen molar-refractivity contribution in [3.8, 4) is 5.88 Å². The highest BCUT2D eigenvalue weighted by Crippen LogP contribution is 2.39. The Morgan fingerprint density at radius 1 is 1.15 bits per heavy atom. The van der Waals surface area contributed by atoms with Crippen molar-refractivity contribution >= 4 is 17.1 Å². The molecule has 0 aliphatic heterocycles. The highest BCUT2D eigenvalue weighted by molar-refractivity contribution is 7.09. The summed E-state index contributed by atoms with van der Waals surface area (Å²) in [6.07, 6.45) is 9.27. The van der Waals surface area contributed by atoms with Gasteiger partial charge in [-0.25, -0.2) is 9.97 Å². The second-order valence-electron chi connectivity index (χ2n) is 8.21. The number of pyridine rings is 2. The molecule has 0 amide bonds. The molecule has 1 aliphatic rings. The van der Waals surface area contributed by atoms with Gasteiger partial charge < -0.3 is 14.4 Å². The lowest BCUT2D eigenvalue weighted by atomic mass is 9.80. The first kappa shape index (κ1) is 21.5. The van der Waals surface area contributed by atoms with Crippen LogP contribution in [-0.2, 0) is 19.6 Å². The van der Waals surface area contributed by atoms with E-state index in [9.17, 15) is 4.79 Å². The van der Waals surface area contributed by atoms with E-state index in [0.29, 0.717) is 30.5 Å². The highest BCUT2D eigenvalue weighted by Gasteiger charge is 2.34. The fraction of sp³-hybridized carbons (Fsp3) is 0.280. The van der Waals surface area contributed by atoms with E-state index in [1.165, 1.54) is 0 Å². The fourth-order valence-corrected chi connectivity index (χ4v) is 4.83. The number of hydrogen-bond donors (Lipinski definition) is 1. The molecule has 4 aromatic heterocycles. The van der Waals surface area contributed by atoms with Crippen molar-refractivity contribution in [3.63, 3.8) is 0 Å². The summed E-state index contributed by atoms with van der Waals surface area (Å²) in [6, 6.07) is 11.3. The van der Waals surface area contributed by atoms with Crippen LogP contribution in [0.25, 0.3) is 0 Å². The van der Waals surface area contributed by atoms with Crippen LogP contribution in [-0.4, -0.2) is 36.5 Å². The number of ketones is 1. The number of hydrogen-bond acceptors (Lipinski definition) is 7. The molecule has 4 heterocycles. The summed E-state index contributed by atoms with van der Waals surface area (Å²) in [5.41, 5.74) is 3.61. The zero-order chi connectivity index (χ0) is 22.6. The minimum absolute atomic E-state index is 0.0238. The molecular formula is C25H24N4O3S. The van der Waals surface area contributed by atoms with Gasteiger partial charge in [0.15, 0.2) is 5.78 Å². The maximum Gasteiger partial charge on any atom is 0.213 e. The van der Waals surface area contributed by atoms with E-state index < -0.39 is 0 Å². The highest BCUT2D eigenvalue weighted by atomic mass is 32.1. The quantitative estimate of drug-likeness (QED) is 0.380. The van der Waals surface area contributed by atoms with E-state index in [0.717, 1.165) is 34.7 Å². The largest absolute Gasteiger partial charge is 0.474 e. The van der Waals surface area contributed by atoms with Crippen LogP contribution < -0.4 is 4.74 Å². The predicted molar refractivity (Wildman–Crippen MR) is 124 cm³/mol. The number of aliphatic hydroxyl groups is 1. The third-order valence-corrected chi connectivity index (χ3v) is 6.75. The number of Topliss-reactive ketones (excluding diaryl/α,β-unsaturated/α-hetero) is 1. The molecule has 0 radical (unpaired) electrons. The van der Waals surface area contributed by atoms with E-state index in [2.05, 4.69) is 15.3 Å². The van der Waals surface area contributed by atoms with Crippen LogP contribution in [0.1, 0.15) is 51.1 Å². The predicted octanol–water partition coefficient (Wildman–Crippen LogP) is 4.03. The number of aromatic nitrogens is 4. The van der Waals surface area contributed by atoms with E-state index in [1.54, 1.807) is 36.0 Å². The normalized spacial score (nSPS) is 17.5. The average molecular weight is 461 g/mol. The Morgan fingerprint density at radius 3 is 2.76 bits per heavy atom. The first-order valence-electron chi connectivity index (χ1n) is 10.9. The van der Waals surface area contributed by atoms with Crippen molar-refractivity contribution in [1.82, 2.24) is 19.5 Å². The molecule has 0 saturated heterocycles. The number of thiazole rings is 1. The van der Waals surface area contributed by atoms with Gasteiger partial charge in [0.25, 0.3) is 0 Å². The van der Waals surface area contributed by atoms with Gasteiger partial charge in [-0.2, -0.15) is 0 Å². The summed E-state index contributed by atoms with van der Waals surface area (Å²) in [5, 5.41) is 12.0. The van der Waals surface area contributed by atoms with Gasteiger partial charge in [-0.1, -0.05) is 0 Å². The molecule has 33 heavy (non-hydrogen) atoms. The molecule has 1 fully saturated rings. The zero-order valence-corrected chi connectivity index (χ0v) is 18.8. The van der Waals surface area contributed by atoms with Crippen LogP contribution in [0.15, 0.2) is 66.6 Å². The van der Waals surface area contributed by atoms with Crippen molar-refractivity contribution < 1.29 is 14.6 Å². The third-order valence-electron chi connectivity index (χ3n) is 5.88. The van der Waals surface area contributed by atoms with Crippen LogP contribution in [0.3, 0.4) is 0 Å². The Hall–Kier alpha value is -3.36. The lowest BCUT2D eigenvalue weighted by molar-refractivity contribution is 0.0919. The summed E-state index contributed by atoms with van der Waals surface area (Å²) in [7, 11) is 0. The van der Waals surface area contributed by atoms with Crippen LogP contribution in [0.2, 0.25) is 0 Å². The summed E-state index contributed by atoms with van der Waals surface area (Å²) in [6.45, 7) is 0.616. The zero-order valence-electron chi connectivity index (χ0n) is 18.0. The second-order valence-corrected chi connectivity index (χ2v) is 9.16. The molecule has 0 aromatic carbocycles. The van der Waals surface area contributed by atoms with Crippen molar-refractivity contribution in [1.29, 1.82) is 0 Å².